The van der Waals surface area contributed by atoms with Crippen LogP contribution >= 0.6 is 11.6 Å². The Hall–Kier alpha value is -2.01. The molecule has 20 heavy (non-hydrogen) atoms. The second kappa shape index (κ2) is 5.96. The fraction of sp³-hybridized carbons (Fsp3) is 0.0833. The van der Waals surface area contributed by atoms with Gasteiger partial charge in [0, 0.05) is 11.8 Å². The van der Waals surface area contributed by atoms with Gasteiger partial charge in [0.2, 0.25) is 0 Å². The Kier molecular flexibility index (Phi) is 4.29. The van der Waals surface area contributed by atoms with E-state index in [0.717, 1.165) is 0 Å². The van der Waals surface area contributed by atoms with Gasteiger partial charge in [-0.3, -0.25) is 9.82 Å². The fourth-order valence-electron chi connectivity index (χ4n) is 1.45. The summed E-state index contributed by atoms with van der Waals surface area (Å²) in [5.74, 6) is 5.10. The van der Waals surface area contributed by atoms with Gasteiger partial charge in [-0.2, -0.15) is 5.10 Å². The SMILES string of the molecule is O=S(=O)(Nc1cn[nH]c1)c1ccc(C#CCO)cc1Cl. The Morgan fingerprint density at radius 2 is 2.25 bits per heavy atom. The van der Waals surface area contributed by atoms with Crippen LogP contribution in [0, 0.1) is 11.8 Å². The third-order valence-corrected chi connectivity index (χ3v) is 4.15. The molecule has 0 saturated heterocycles. The number of hydrogen-bond donors (Lipinski definition) is 3. The predicted molar refractivity (Wildman–Crippen MR) is 74.8 cm³/mol. The Morgan fingerprint density at radius 3 is 2.85 bits per heavy atom. The second-order valence-corrected chi connectivity index (χ2v) is 5.76. The van der Waals surface area contributed by atoms with Crippen LogP contribution in [-0.2, 0) is 10.0 Å². The summed E-state index contributed by atoms with van der Waals surface area (Å²) in [6.45, 7) is -0.278. The molecule has 6 nitrogen and oxygen atoms in total. The topological polar surface area (TPSA) is 95.1 Å². The van der Waals surface area contributed by atoms with Gasteiger partial charge in [0.1, 0.15) is 11.5 Å². The van der Waals surface area contributed by atoms with Crippen molar-refractivity contribution in [3.05, 3.63) is 41.2 Å². The van der Waals surface area contributed by atoms with Crippen LogP contribution in [0.4, 0.5) is 5.69 Å². The van der Waals surface area contributed by atoms with Crippen molar-refractivity contribution in [3.8, 4) is 11.8 Å². The Bertz CT molecular complexity index is 761. The average molecular weight is 312 g/mol. The number of aromatic nitrogens is 2. The minimum atomic E-state index is -3.79. The van der Waals surface area contributed by atoms with Gasteiger partial charge in [-0.25, -0.2) is 8.42 Å². The number of hydrogen-bond acceptors (Lipinski definition) is 4. The summed E-state index contributed by atoms with van der Waals surface area (Å²) in [5.41, 5.74) is 0.830. The van der Waals surface area contributed by atoms with E-state index in [4.69, 9.17) is 16.7 Å². The van der Waals surface area contributed by atoms with E-state index >= 15 is 0 Å². The molecule has 3 N–H and O–H groups in total. The zero-order valence-corrected chi connectivity index (χ0v) is 11.7. The molecule has 0 fully saturated rings. The number of aliphatic hydroxyl groups excluding tert-OH is 1. The van der Waals surface area contributed by atoms with Gasteiger partial charge in [0.15, 0.2) is 0 Å². The van der Waals surface area contributed by atoms with E-state index in [-0.39, 0.29) is 16.5 Å². The summed E-state index contributed by atoms with van der Waals surface area (Å²) in [4.78, 5) is -0.0603. The predicted octanol–water partition coefficient (Wildman–Crippen LogP) is 1.21. The van der Waals surface area contributed by atoms with Crippen molar-refractivity contribution in [2.45, 2.75) is 4.90 Å². The second-order valence-electron chi connectivity index (χ2n) is 3.70. The molecule has 0 atom stereocenters. The molecule has 1 aromatic carbocycles. The molecule has 0 amide bonds. The molecule has 104 valence electrons. The number of benzene rings is 1. The van der Waals surface area contributed by atoms with Crippen LogP contribution in [0.5, 0.6) is 0 Å². The summed E-state index contributed by atoms with van der Waals surface area (Å²) >= 11 is 5.96. The van der Waals surface area contributed by atoms with E-state index in [0.29, 0.717) is 11.3 Å². The first-order valence-corrected chi connectivity index (χ1v) is 7.30. The maximum absolute atomic E-state index is 12.1. The average Bonchev–Trinajstić information content (AvgIpc) is 2.88. The first-order chi connectivity index (χ1) is 9.53. The first kappa shape index (κ1) is 14.4. The van der Waals surface area contributed by atoms with Crippen LogP contribution in [0.1, 0.15) is 5.56 Å². The molecule has 0 radical (unpaired) electrons. The lowest BCUT2D eigenvalue weighted by Gasteiger charge is -2.07. The van der Waals surface area contributed by atoms with Crippen LogP contribution in [0.25, 0.3) is 0 Å². The highest BCUT2D eigenvalue weighted by Gasteiger charge is 2.18. The maximum atomic E-state index is 12.1. The highest BCUT2D eigenvalue weighted by Crippen LogP contribution is 2.24. The van der Waals surface area contributed by atoms with Crippen molar-refractivity contribution in [3.63, 3.8) is 0 Å². The first-order valence-electron chi connectivity index (χ1n) is 5.44. The molecular formula is C12H10ClN3O3S. The van der Waals surface area contributed by atoms with Gasteiger partial charge in [0.25, 0.3) is 10.0 Å². The smallest absolute Gasteiger partial charge is 0.263 e. The minimum Gasteiger partial charge on any atom is -0.384 e. The molecule has 8 heteroatoms. The molecule has 0 aliphatic rings. The normalized spacial score (nSPS) is 10.7. The summed E-state index contributed by atoms with van der Waals surface area (Å²) in [7, 11) is -3.79. The van der Waals surface area contributed by atoms with Gasteiger partial charge in [-0.15, -0.1) is 0 Å². The van der Waals surface area contributed by atoms with E-state index in [1.54, 1.807) is 0 Å². The highest BCUT2D eigenvalue weighted by atomic mass is 35.5. The number of aromatic amines is 1. The molecule has 0 aliphatic heterocycles. The summed E-state index contributed by atoms with van der Waals surface area (Å²) in [6.07, 6.45) is 2.75. The van der Waals surface area contributed by atoms with E-state index < -0.39 is 10.0 Å². The number of nitrogens with zero attached hydrogens (tertiary/aromatic N) is 1. The lowest BCUT2D eigenvalue weighted by atomic mass is 10.2. The van der Waals surface area contributed by atoms with Crippen LogP contribution in [0.3, 0.4) is 0 Å². The Balaban J connectivity index is 2.33. The van der Waals surface area contributed by atoms with Crippen molar-refractivity contribution in [2.24, 2.45) is 0 Å². The molecule has 0 saturated carbocycles. The zero-order chi connectivity index (χ0) is 14.6. The van der Waals surface area contributed by atoms with E-state index in [9.17, 15) is 8.42 Å². The summed E-state index contributed by atoms with van der Waals surface area (Å²) < 4.78 is 26.6. The number of nitrogens with one attached hydrogen (secondary N) is 2. The number of halogens is 1. The molecular weight excluding hydrogens is 302 g/mol. The third kappa shape index (κ3) is 3.30. The van der Waals surface area contributed by atoms with Gasteiger partial charge in [0.05, 0.1) is 16.9 Å². The van der Waals surface area contributed by atoms with E-state index in [1.807, 2.05) is 0 Å². The van der Waals surface area contributed by atoms with Crippen LogP contribution < -0.4 is 4.72 Å². The lowest BCUT2D eigenvalue weighted by Crippen LogP contribution is -2.13. The maximum Gasteiger partial charge on any atom is 0.263 e. The van der Waals surface area contributed by atoms with Crippen molar-refractivity contribution >= 4 is 27.3 Å². The lowest BCUT2D eigenvalue weighted by molar-refractivity contribution is 0.350. The third-order valence-electron chi connectivity index (χ3n) is 2.28. The van der Waals surface area contributed by atoms with Gasteiger partial charge in [-0.1, -0.05) is 23.4 Å². The molecule has 0 aliphatic carbocycles. The summed E-state index contributed by atoms with van der Waals surface area (Å²) in [6, 6.07) is 4.29. The number of aliphatic hydroxyl groups is 1. The van der Waals surface area contributed by atoms with E-state index in [1.165, 1.54) is 30.6 Å². The number of rotatable bonds is 3. The van der Waals surface area contributed by atoms with Crippen molar-refractivity contribution in [2.75, 3.05) is 11.3 Å². The van der Waals surface area contributed by atoms with Crippen LogP contribution in [0.15, 0.2) is 35.5 Å². The standard InChI is InChI=1S/C12H10ClN3O3S/c13-11-6-9(2-1-5-17)3-4-12(11)20(18,19)16-10-7-14-15-8-10/h3-4,6-8,16-17H,5H2,(H,14,15). The van der Waals surface area contributed by atoms with Gasteiger partial charge < -0.3 is 5.11 Å². The van der Waals surface area contributed by atoms with Crippen molar-refractivity contribution in [1.82, 2.24) is 10.2 Å². The van der Waals surface area contributed by atoms with Gasteiger partial charge in [-0.05, 0) is 18.2 Å². The summed E-state index contributed by atoms with van der Waals surface area (Å²) in [5, 5.41) is 14.8. The monoisotopic (exact) mass is 311 g/mol. The van der Waals surface area contributed by atoms with Crippen molar-refractivity contribution < 1.29 is 13.5 Å². The molecule has 2 aromatic rings. The largest absolute Gasteiger partial charge is 0.384 e. The fourth-order valence-corrected chi connectivity index (χ4v) is 3.03. The number of anilines is 1. The van der Waals surface area contributed by atoms with E-state index in [2.05, 4.69) is 26.8 Å². The van der Waals surface area contributed by atoms with Crippen LogP contribution in [-0.4, -0.2) is 30.3 Å². The minimum absolute atomic E-state index is 0.0470. The molecule has 1 heterocycles. The Morgan fingerprint density at radius 1 is 1.45 bits per heavy atom. The van der Waals surface area contributed by atoms with Gasteiger partial charge >= 0.3 is 0 Å². The number of H-pyrrole nitrogens is 1. The highest BCUT2D eigenvalue weighted by molar-refractivity contribution is 7.92. The van der Waals surface area contributed by atoms with Crippen molar-refractivity contribution in [1.29, 1.82) is 0 Å². The van der Waals surface area contributed by atoms with Crippen LogP contribution in [0.2, 0.25) is 5.02 Å². The Labute approximate surface area is 120 Å². The molecule has 0 unspecified atom stereocenters. The molecule has 0 spiro atoms. The molecule has 1 aromatic heterocycles. The zero-order valence-electron chi connectivity index (χ0n) is 10.1. The molecule has 0 bridgehead atoms. The quantitative estimate of drug-likeness (QED) is 0.742. The number of sulfonamides is 1. The molecule has 2 rings (SSSR count).